The van der Waals surface area contributed by atoms with Crippen LogP contribution in [0.4, 0.5) is 35.2 Å². The highest BCUT2D eigenvalue weighted by molar-refractivity contribution is 7.92. The molecule has 0 saturated heterocycles. The van der Waals surface area contributed by atoms with Gasteiger partial charge in [-0.2, -0.15) is 22.7 Å². The Bertz CT molecular complexity index is 1720. The zero-order valence-electron chi connectivity index (χ0n) is 21.7. The monoisotopic (exact) mass is 620 g/mol. The molecule has 4 N–H and O–H groups in total. The van der Waals surface area contributed by atoms with E-state index in [1.807, 2.05) is 0 Å². The van der Waals surface area contributed by atoms with Gasteiger partial charge in [0.05, 0.1) is 23.9 Å². The summed E-state index contributed by atoms with van der Waals surface area (Å²) in [7, 11) is -5.04. The van der Waals surface area contributed by atoms with Crippen LogP contribution in [0.25, 0.3) is 10.5 Å². The van der Waals surface area contributed by atoms with E-state index in [4.69, 9.17) is 11.3 Å². The number of anilines is 2. The lowest BCUT2D eigenvalue weighted by Gasteiger charge is -2.12. The lowest BCUT2D eigenvalue weighted by molar-refractivity contribution is -0.137. The third kappa shape index (κ3) is 7.79. The van der Waals surface area contributed by atoms with E-state index in [-0.39, 0.29) is 35.7 Å². The van der Waals surface area contributed by atoms with Crippen LogP contribution in [0.2, 0.25) is 0 Å². The Balaban J connectivity index is 1.87. The van der Waals surface area contributed by atoms with E-state index >= 15 is 0 Å². The molecule has 0 atom stereocenters. The first-order chi connectivity index (χ1) is 18.8. The molecule has 3 aromatic rings. The minimum atomic E-state index is -5.05. The maximum Gasteiger partial charge on any atom is 0.414 e. The SMILES string of the molecule is [C-]#[N+]c1c(C(F)(F)F)c(OC(=O)N(C)C)c2nc(CCNC(=O)c3cc(NS(C)(=O)=O)cc(NS(C)(=O)=O)c3)[nH]n12. The number of alkyl halides is 3. The van der Waals surface area contributed by atoms with Crippen molar-refractivity contribution in [2.75, 3.05) is 42.6 Å². The van der Waals surface area contributed by atoms with E-state index in [1.165, 1.54) is 14.1 Å². The summed E-state index contributed by atoms with van der Waals surface area (Å²) in [5.41, 5.74) is -2.28. The fourth-order valence-corrected chi connectivity index (χ4v) is 4.56. The van der Waals surface area contributed by atoms with Crippen molar-refractivity contribution in [3.05, 3.63) is 46.6 Å². The average Bonchev–Trinajstić information content (AvgIpc) is 3.33. The van der Waals surface area contributed by atoms with E-state index < -0.39 is 61.0 Å². The molecule has 0 unspecified atom stereocenters. The highest BCUT2D eigenvalue weighted by atomic mass is 32.2. The summed E-state index contributed by atoms with van der Waals surface area (Å²) in [6.45, 7) is 7.08. The molecule has 41 heavy (non-hydrogen) atoms. The third-order valence-corrected chi connectivity index (χ3v) is 6.17. The summed E-state index contributed by atoms with van der Waals surface area (Å²) in [5.74, 6) is -2.61. The minimum Gasteiger partial charge on any atom is -0.404 e. The molecule has 0 saturated carbocycles. The first-order valence-corrected chi connectivity index (χ1v) is 14.9. The zero-order chi connectivity index (χ0) is 30.9. The Hall–Kier alpha value is -4.51. The van der Waals surface area contributed by atoms with Crippen molar-refractivity contribution in [2.45, 2.75) is 12.6 Å². The second kappa shape index (κ2) is 11.2. The number of nitrogens with one attached hydrogen (secondary N) is 4. The quantitative estimate of drug-likeness (QED) is 0.261. The first-order valence-electron chi connectivity index (χ1n) is 11.1. The van der Waals surface area contributed by atoms with Crippen LogP contribution >= 0.6 is 0 Å². The molecule has 0 aliphatic heterocycles. The molecule has 0 fully saturated rings. The molecule has 1 aromatic carbocycles. The van der Waals surface area contributed by atoms with Gasteiger partial charge in [-0.05, 0) is 18.2 Å². The number of aromatic amines is 1. The topological polar surface area (TPSA) is 188 Å². The average molecular weight is 621 g/mol. The van der Waals surface area contributed by atoms with Gasteiger partial charge in [-0.3, -0.25) is 14.2 Å². The maximum atomic E-state index is 13.7. The predicted molar refractivity (Wildman–Crippen MR) is 140 cm³/mol. The van der Waals surface area contributed by atoms with Crippen molar-refractivity contribution in [3.8, 4) is 5.75 Å². The highest BCUT2D eigenvalue weighted by Gasteiger charge is 2.43. The van der Waals surface area contributed by atoms with Gasteiger partial charge in [0.15, 0.2) is 0 Å². The van der Waals surface area contributed by atoms with Gasteiger partial charge in [-0.25, -0.2) is 26.7 Å². The van der Waals surface area contributed by atoms with Gasteiger partial charge in [0.1, 0.15) is 11.4 Å². The van der Waals surface area contributed by atoms with Crippen LogP contribution < -0.4 is 19.5 Å². The van der Waals surface area contributed by atoms with Gasteiger partial charge in [0.2, 0.25) is 25.8 Å². The molecule has 0 radical (unpaired) electrons. The normalized spacial score (nSPS) is 12.0. The summed E-state index contributed by atoms with van der Waals surface area (Å²) in [6.07, 6.45) is -4.55. The molecular weight excluding hydrogens is 597 g/mol. The van der Waals surface area contributed by atoms with E-state index in [1.54, 1.807) is 0 Å². The second-order valence-corrected chi connectivity index (χ2v) is 12.3. The molecule has 0 aliphatic rings. The van der Waals surface area contributed by atoms with Crippen LogP contribution in [0, 0.1) is 6.57 Å². The third-order valence-electron chi connectivity index (χ3n) is 4.95. The van der Waals surface area contributed by atoms with E-state index in [9.17, 15) is 39.6 Å². The number of benzene rings is 1. The van der Waals surface area contributed by atoms with Gasteiger partial charge in [-0.15, -0.1) is 0 Å². The Morgan fingerprint density at radius 1 is 1.10 bits per heavy atom. The van der Waals surface area contributed by atoms with Gasteiger partial charge in [0, 0.05) is 32.6 Å². The number of H-pyrrole nitrogens is 1. The number of ether oxygens (including phenoxy) is 1. The number of hydrogen-bond donors (Lipinski definition) is 4. The van der Waals surface area contributed by atoms with Crippen molar-refractivity contribution < 1.29 is 44.3 Å². The lowest BCUT2D eigenvalue weighted by Crippen LogP contribution is -2.26. The van der Waals surface area contributed by atoms with Crippen LogP contribution in [-0.2, 0) is 32.6 Å². The first kappa shape index (κ1) is 31.0. The van der Waals surface area contributed by atoms with E-state index in [0.29, 0.717) is 4.52 Å². The largest absolute Gasteiger partial charge is 0.414 e. The molecule has 2 heterocycles. The summed E-state index contributed by atoms with van der Waals surface area (Å²) in [6, 6.07) is 3.48. The Morgan fingerprint density at radius 2 is 1.66 bits per heavy atom. The highest BCUT2D eigenvalue weighted by Crippen LogP contribution is 2.46. The summed E-state index contributed by atoms with van der Waals surface area (Å²) < 4.78 is 97.6. The molecular formula is C21H23F3N8O7S2. The lowest BCUT2D eigenvalue weighted by atomic mass is 10.1. The molecule has 0 spiro atoms. The number of halogens is 3. The molecule has 3 rings (SSSR count). The van der Waals surface area contributed by atoms with Gasteiger partial charge >= 0.3 is 12.3 Å². The molecule has 0 aliphatic carbocycles. The van der Waals surface area contributed by atoms with Gasteiger partial charge in [-0.1, -0.05) is 6.57 Å². The smallest absolute Gasteiger partial charge is 0.404 e. The summed E-state index contributed by atoms with van der Waals surface area (Å²) in [5, 5.41) is 5.01. The molecule has 222 valence electrons. The number of hydrogen-bond acceptors (Lipinski definition) is 8. The Kier molecular flexibility index (Phi) is 8.45. The number of rotatable bonds is 9. The standard InChI is InChI=1S/C21H23F3N8O7S2/c1-25-17-15(21(22,23)24)16(39-20(34)31(2)3)18-27-14(28-32(17)18)6-7-26-19(33)11-8-12(29-40(4,35)36)10-13(9-11)30-41(5,37)38/h8-10,29-30H,6-7H2,2-5H3,(H,26,33)(H,27,28). The van der Waals surface area contributed by atoms with Crippen LogP contribution in [0.15, 0.2) is 18.2 Å². The number of nitrogens with zero attached hydrogens (tertiary/aromatic N) is 4. The maximum absolute atomic E-state index is 13.7. The van der Waals surface area contributed by atoms with Gasteiger partial charge in [0.25, 0.3) is 17.4 Å². The number of sulfonamides is 2. The summed E-state index contributed by atoms with van der Waals surface area (Å²) in [4.78, 5) is 32.6. The fraction of sp³-hybridized carbons (Fsp3) is 0.333. The molecule has 2 amide bonds. The predicted octanol–water partition coefficient (Wildman–Crippen LogP) is 2.01. The molecule has 15 nitrogen and oxygen atoms in total. The number of fused-ring (bicyclic) bond motifs is 1. The Labute approximate surface area is 231 Å². The van der Waals surface area contributed by atoms with Crippen molar-refractivity contribution in [2.24, 2.45) is 0 Å². The molecule has 0 bridgehead atoms. The molecule has 2 aromatic heterocycles. The van der Waals surface area contributed by atoms with Crippen LogP contribution in [-0.4, -0.2) is 81.5 Å². The van der Waals surface area contributed by atoms with Crippen LogP contribution in [0.5, 0.6) is 5.75 Å². The van der Waals surface area contributed by atoms with Crippen molar-refractivity contribution in [3.63, 3.8) is 0 Å². The van der Waals surface area contributed by atoms with Gasteiger partial charge < -0.3 is 19.8 Å². The zero-order valence-corrected chi connectivity index (χ0v) is 23.4. The molecule has 20 heteroatoms. The number of carbonyl (C=O) groups is 2. The van der Waals surface area contributed by atoms with Crippen LogP contribution in [0.3, 0.4) is 0 Å². The van der Waals surface area contributed by atoms with Crippen molar-refractivity contribution in [1.29, 1.82) is 0 Å². The minimum absolute atomic E-state index is 0.0213. The van der Waals surface area contributed by atoms with Crippen molar-refractivity contribution in [1.82, 2.24) is 24.8 Å². The van der Waals surface area contributed by atoms with E-state index in [2.05, 4.69) is 29.7 Å². The second-order valence-electron chi connectivity index (χ2n) is 8.78. The van der Waals surface area contributed by atoms with Crippen LogP contribution in [0.1, 0.15) is 21.7 Å². The number of carbonyl (C=O) groups excluding carboxylic acids is 2. The number of aromatic nitrogens is 3. The summed E-state index contributed by atoms with van der Waals surface area (Å²) >= 11 is 0. The van der Waals surface area contributed by atoms with Crippen molar-refractivity contribution >= 4 is 54.9 Å². The number of amides is 2. The fourth-order valence-electron chi connectivity index (χ4n) is 3.47. The van der Waals surface area contributed by atoms with E-state index in [0.717, 1.165) is 35.6 Å². The Morgan fingerprint density at radius 3 is 2.12 bits per heavy atom.